The molecule has 1 amide bonds. The van der Waals surface area contributed by atoms with Crippen LogP contribution in [0.25, 0.3) is 0 Å². The van der Waals surface area contributed by atoms with Crippen LogP contribution < -0.4 is 0 Å². The zero-order valence-corrected chi connectivity index (χ0v) is 12.8. The molecular formula is C16H27NO3. The Labute approximate surface area is 121 Å². The summed E-state index contributed by atoms with van der Waals surface area (Å²) in [7, 11) is 0. The second-order valence-corrected chi connectivity index (χ2v) is 7.17. The van der Waals surface area contributed by atoms with Crippen molar-refractivity contribution in [2.75, 3.05) is 13.1 Å². The molecule has 20 heavy (non-hydrogen) atoms. The highest BCUT2D eigenvalue weighted by atomic mass is 16.4. The smallest absolute Gasteiger partial charge is 0.311 e. The van der Waals surface area contributed by atoms with E-state index in [-0.39, 0.29) is 11.3 Å². The van der Waals surface area contributed by atoms with E-state index in [9.17, 15) is 14.7 Å². The van der Waals surface area contributed by atoms with Crippen molar-refractivity contribution in [2.45, 2.75) is 65.2 Å². The third-order valence-electron chi connectivity index (χ3n) is 5.22. The lowest BCUT2D eigenvalue weighted by molar-refractivity contribution is -0.156. The maximum atomic E-state index is 12.9. The quantitative estimate of drug-likeness (QED) is 0.791. The van der Waals surface area contributed by atoms with Gasteiger partial charge in [-0.1, -0.05) is 32.6 Å². The van der Waals surface area contributed by atoms with E-state index in [0.717, 1.165) is 38.6 Å². The van der Waals surface area contributed by atoms with Crippen LogP contribution in [0.3, 0.4) is 0 Å². The van der Waals surface area contributed by atoms with Gasteiger partial charge in [0.2, 0.25) is 5.91 Å². The second-order valence-electron chi connectivity index (χ2n) is 7.17. The van der Waals surface area contributed by atoms with Crippen LogP contribution in [0.1, 0.15) is 65.2 Å². The Morgan fingerprint density at radius 2 is 1.45 bits per heavy atom. The minimum absolute atomic E-state index is 0.187. The summed E-state index contributed by atoms with van der Waals surface area (Å²) in [5.41, 5.74) is -1.04. The largest absolute Gasteiger partial charge is 0.481 e. The molecule has 4 nitrogen and oxygen atoms in total. The van der Waals surface area contributed by atoms with E-state index in [1.165, 1.54) is 12.8 Å². The number of carboxylic acids is 1. The molecule has 1 saturated carbocycles. The summed E-state index contributed by atoms with van der Waals surface area (Å²) in [4.78, 5) is 26.1. The molecule has 0 radical (unpaired) electrons. The Balaban J connectivity index is 2.09. The number of nitrogens with zero attached hydrogens (tertiary/aromatic N) is 1. The molecule has 1 unspecified atom stereocenters. The first-order valence-corrected chi connectivity index (χ1v) is 7.90. The van der Waals surface area contributed by atoms with E-state index >= 15 is 0 Å². The average molecular weight is 281 g/mol. The van der Waals surface area contributed by atoms with Crippen LogP contribution in [0.4, 0.5) is 0 Å². The third kappa shape index (κ3) is 2.99. The number of piperidine rings is 1. The van der Waals surface area contributed by atoms with Crippen molar-refractivity contribution in [3.63, 3.8) is 0 Å². The molecule has 4 heteroatoms. The number of carbonyl (C=O) groups is 2. The van der Waals surface area contributed by atoms with Gasteiger partial charge >= 0.3 is 5.97 Å². The van der Waals surface area contributed by atoms with E-state index in [1.807, 2.05) is 4.90 Å². The fraction of sp³-hybridized carbons (Fsp3) is 0.875. The van der Waals surface area contributed by atoms with Crippen molar-refractivity contribution in [1.82, 2.24) is 4.90 Å². The summed E-state index contributed by atoms with van der Waals surface area (Å²) in [6, 6.07) is 0. The Bertz CT molecular complexity index is 385. The van der Waals surface area contributed by atoms with Gasteiger partial charge in [0, 0.05) is 18.5 Å². The SMILES string of the molecule is CC1(C(=O)O)CCCN(C(=O)C2(C)CCCCCC2)C1. The van der Waals surface area contributed by atoms with Crippen LogP contribution >= 0.6 is 0 Å². The molecule has 1 N–H and O–H groups in total. The minimum Gasteiger partial charge on any atom is -0.481 e. The average Bonchev–Trinajstić information content (AvgIpc) is 2.63. The molecule has 2 rings (SSSR count). The van der Waals surface area contributed by atoms with Gasteiger partial charge < -0.3 is 10.0 Å². The molecule has 0 bridgehead atoms. The predicted molar refractivity (Wildman–Crippen MR) is 77.4 cm³/mol. The number of aliphatic carboxylic acids is 1. The maximum absolute atomic E-state index is 12.9. The number of hydrogen-bond donors (Lipinski definition) is 1. The molecule has 1 saturated heterocycles. The fourth-order valence-electron chi connectivity index (χ4n) is 3.69. The normalized spacial score (nSPS) is 30.6. The summed E-state index contributed by atoms with van der Waals surface area (Å²) in [5, 5.41) is 9.38. The van der Waals surface area contributed by atoms with E-state index < -0.39 is 11.4 Å². The van der Waals surface area contributed by atoms with Gasteiger partial charge in [-0.2, -0.15) is 0 Å². The fourth-order valence-corrected chi connectivity index (χ4v) is 3.69. The topological polar surface area (TPSA) is 57.6 Å². The number of hydrogen-bond acceptors (Lipinski definition) is 2. The molecular weight excluding hydrogens is 254 g/mol. The Hall–Kier alpha value is -1.06. The van der Waals surface area contributed by atoms with E-state index in [2.05, 4.69) is 6.92 Å². The number of carboxylic acid groups (broad SMARTS) is 1. The molecule has 0 aromatic rings. The predicted octanol–water partition coefficient (Wildman–Crippen LogP) is 3.06. The first-order valence-electron chi connectivity index (χ1n) is 7.90. The van der Waals surface area contributed by atoms with Crippen LogP contribution in [-0.4, -0.2) is 35.0 Å². The van der Waals surface area contributed by atoms with Gasteiger partial charge in [0.1, 0.15) is 0 Å². The second kappa shape index (κ2) is 5.74. The van der Waals surface area contributed by atoms with Crippen molar-refractivity contribution < 1.29 is 14.7 Å². The first-order chi connectivity index (χ1) is 9.37. The number of carbonyl (C=O) groups excluding carboxylic acids is 1. The van der Waals surface area contributed by atoms with Gasteiger partial charge in [0.25, 0.3) is 0 Å². The van der Waals surface area contributed by atoms with Crippen molar-refractivity contribution >= 4 is 11.9 Å². The molecule has 0 aromatic carbocycles. The van der Waals surface area contributed by atoms with Crippen LogP contribution in [-0.2, 0) is 9.59 Å². The number of amides is 1. The van der Waals surface area contributed by atoms with Crippen LogP contribution in [0.15, 0.2) is 0 Å². The minimum atomic E-state index is -0.777. The highest BCUT2D eigenvalue weighted by Gasteiger charge is 2.43. The monoisotopic (exact) mass is 281 g/mol. The lowest BCUT2D eigenvalue weighted by Gasteiger charge is -2.41. The van der Waals surface area contributed by atoms with Gasteiger partial charge in [-0.15, -0.1) is 0 Å². The highest BCUT2D eigenvalue weighted by Crippen LogP contribution is 2.39. The molecule has 0 spiro atoms. The molecule has 1 heterocycles. The standard InChI is InChI=1S/C16H27NO3/c1-15(8-5-3-4-6-9-15)13(18)17-11-7-10-16(2,12-17)14(19)20/h3-12H2,1-2H3,(H,19,20). The Morgan fingerprint density at radius 1 is 0.900 bits per heavy atom. The zero-order valence-electron chi connectivity index (χ0n) is 12.8. The van der Waals surface area contributed by atoms with Crippen molar-refractivity contribution in [3.05, 3.63) is 0 Å². The summed E-state index contributed by atoms with van der Waals surface area (Å²) in [6.45, 7) is 4.94. The summed E-state index contributed by atoms with van der Waals surface area (Å²) in [6.07, 6.45) is 8.04. The summed E-state index contributed by atoms with van der Waals surface area (Å²) >= 11 is 0. The van der Waals surface area contributed by atoms with Gasteiger partial charge in [0.15, 0.2) is 0 Å². The molecule has 2 fully saturated rings. The van der Waals surface area contributed by atoms with Gasteiger partial charge in [0.05, 0.1) is 5.41 Å². The Morgan fingerprint density at radius 3 is 2.00 bits per heavy atom. The molecule has 2 aliphatic rings. The zero-order chi connectivity index (χ0) is 14.8. The third-order valence-corrected chi connectivity index (χ3v) is 5.22. The molecule has 0 aromatic heterocycles. The van der Waals surface area contributed by atoms with Crippen molar-refractivity contribution in [1.29, 1.82) is 0 Å². The van der Waals surface area contributed by atoms with E-state index in [0.29, 0.717) is 13.0 Å². The molecule has 114 valence electrons. The lowest BCUT2D eigenvalue weighted by Crippen LogP contribution is -2.52. The van der Waals surface area contributed by atoms with Crippen LogP contribution in [0.2, 0.25) is 0 Å². The van der Waals surface area contributed by atoms with Gasteiger partial charge in [-0.25, -0.2) is 0 Å². The summed E-state index contributed by atoms with van der Waals surface area (Å²) in [5.74, 6) is -0.590. The van der Waals surface area contributed by atoms with Gasteiger partial charge in [-0.3, -0.25) is 9.59 Å². The first kappa shape index (κ1) is 15.3. The summed E-state index contributed by atoms with van der Waals surface area (Å²) < 4.78 is 0. The van der Waals surface area contributed by atoms with Crippen LogP contribution in [0, 0.1) is 10.8 Å². The molecule has 1 aliphatic carbocycles. The Kier molecular flexibility index (Phi) is 4.40. The van der Waals surface area contributed by atoms with Crippen molar-refractivity contribution in [2.24, 2.45) is 10.8 Å². The molecule has 1 aliphatic heterocycles. The lowest BCUT2D eigenvalue weighted by atomic mass is 9.77. The number of rotatable bonds is 2. The molecule has 1 atom stereocenters. The van der Waals surface area contributed by atoms with Crippen molar-refractivity contribution in [3.8, 4) is 0 Å². The van der Waals surface area contributed by atoms with Gasteiger partial charge in [-0.05, 0) is 32.6 Å². The van der Waals surface area contributed by atoms with E-state index in [1.54, 1.807) is 6.92 Å². The van der Waals surface area contributed by atoms with Crippen LogP contribution in [0.5, 0.6) is 0 Å². The highest BCUT2D eigenvalue weighted by molar-refractivity contribution is 5.84. The number of likely N-dealkylation sites (tertiary alicyclic amines) is 1. The van der Waals surface area contributed by atoms with E-state index in [4.69, 9.17) is 0 Å². The maximum Gasteiger partial charge on any atom is 0.311 e.